The first-order chi connectivity index (χ1) is 10.4. The highest BCUT2D eigenvalue weighted by atomic mass is 19.4. The van der Waals surface area contributed by atoms with Gasteiger partial charge in [0.15, 0.2) is 12.4 Å². The fraction of sp³-hybridized carbons (Fsp3) is 0.429. The third-order valence-electron chi connectivity index (χ3n) is 3.04. The summed E-state index contributed by atoms with van der Waals surface area (Å²) in [6.45, 7) is 1.99. The Hall–Kier alpha value is -2.09. The molecule has 1 unspecified atom stereocenters. The molecule has 2 aromatic rings. The quantitative estimate of drug-likeness (QED) is 0.888. The summed E-state index contributed by atoms with van der Waals surface area (Å²) >= 11 is 0. The number of rotatable bonds is 6. The molecule has 2 rings (SSSR count). The van der Waals surface area contributed by atoms with Crippen LogP contribution in [0.25, 0.3) is 0 Å². The molecular formula is C14H16F3N3O2. The number of alkyl halides is 3. The number of nitrogens with zero attached hydrogens (tertiary/aromatic N) is 2. The first-order valence-electron chi connectivity index (χ1n) is 6.67. The molecule has 5 nitrogen and oxygen atoms in total. The molecule has 0 saturated carbocycles. The summed E-state index contributed by atoms with van der Waals surface area (Å²) in [7, 11) is 1.83. The lowest BCUT2D eigenvalue weighted by Gasteiger charge is -2.07. The van der Waals surface area contributed by atoms with Crippen LogP contribution in [-0.4, -0.2) is 23.2 Å². The maximum Gasteiger partial charge on any atom is 0.416 e. The average Bonchev–Trinajstić information content (AvgIpc) is 2.92. The molecule has 0 spiro atoms. The van der Waals surface area contributed by atoms with E-state index in [-0.39, 0.29) is 18.5 Å². The van der Waals surface area contributed by atoms with Gasteiger partial charge in [0.05, 0.1) is 5.56 Å². The second kappa shape index (κ2) is 6.78. The molecule has 0 amide bonds. The van der Waals surface area contributed by atoms with E-state index >= 15 is 0 Å². The minimum atomic E-state index is -4.36. The molecule has 1 aromatic carbocycles. The van der Waals surface area contributed by atoms with Crippen molar-refractivity contribution in [3.8, 4) is 5.75 Å². The molecule has 0 saturated heterocycles. The average molecular weight is 315 g/mol. The normalized spacial score (nSPS) is 13.1. The van der Waals surface area contributed by atoms with Gasteiger partial charge in [-0.25, -0.2) is 0 Å². The number of likely N-dealkylation sites (N-methyl/N-ethyl adjacent to an activating group) is 1. The standard InChI is InChI=1S/C14H16F3N3O2/c1-9(18-2)7-12-19-13(22-20-12)8-21-11-5-3-10(4-6-11)14(15,16)17/h3-6,9,18H,7-8H2,1-2H3. The molecule has 120 valence electrons. The molecule has 0 aliphatic carbocycles. The second-order valence-electron chi connectivity index (χ2n) is 4.81. The number of nitrogens with one attached hydrogen (secondary N) is 1. The SMILES string of the molecule is CNC(C)Cc1noc(COc2ccc(C(F)(F)F)cc2)n1. The van der Waals surface area contributed by atoms with Gasteiger partial charge >= 0.3 is 6.18 Å². The molecule has 0 fully saturated rings. The zero-order valence-electron chi connectivity index (χ0n) is 12.1. The predicted octanol–water partition coefficient (Wildman–Crippen LogP) is 2.82. The van der Waals surface area contributed by atoms with Gasteiger partial charge in [0.1, 0.15) is 5.75 Å². The van der Waals surface area contributed by atoms with E-state index < -0.39 is 11.7 Å². The third kappa shape index (κ3) is 4.45. The summed E-state index contributed by atoms with van der Waals surface area (Å²) in [6, 6.07) is 4.64. The van der Waals surface area contributed by atoms with Crippen molar-refractivity contribution < 1.29 is 22.4 Å². The molecule has 1 heterocycles. The van der Waals surface area contributed by atoms with Crippen LogP contribution in [0.2, 0.25) is 0 Å². The summed E-state index contributed by atoms with van der Waals surface area (Å²) in [6.07, 6.45) is -3.75. The second-order valence-corrected chi connectivity index (χ2v) is 4.81. The van der Waals surface area contributed by atoms with Gasteiger partial charge in [0.2, 0.25) is 0 Å². The lowest BCUT2D eigenvalue weighted by Crippen LogP contribution is -2.24. The lowest BCUT2D eigenvalue weighted by molar-refractivity contribution is -0.137. The van der Waals surface area contributed by atoms with Gasteiger partial charge in [0, 0.05) is 12.5 Å². The van der Waals surface area contributed by atoms with Crippen molar-refractivity contribution in [2.45, 2.75) is 32.2 Å². The number of hydrogen-bond acceptors (Lipinski definition) is 5. The van der Waals surface area contributed by atoms with Crippen LogP contribution < -0.4 is 10.1 Å². The van der Waals surface area contributed by atoms with Crippen LogP contribution >= 0.6 is 0 Å². The Balaban J connectivity index is 1.90. The Morgan fingerprint density at radius 3 is 2.55 bits per heavy atom. The van der Waals surface area contributed by atoms with Crippen molar-refractivity contribution in [1.82, 2.24) is 15.5 Å². The van der Waals surface area contributed by atoms with Crippen LogP contribution in [0.5, 0.6) is 5.75 Å². The molecule has 22 heavy (non-hydrogen) atoms. The summed E-state index contributed by atoms with van der Waals surface area (Å²) in [5.74, 6) is 1.13. The Labute approximate surface area is 125 Å². The van der Waals surface area contributed by atoms with Gasteiger partial charge in [-0.3, -0.25) is 0 Å². The first kappa shape index (κ1) is 16.3. The Morgan fingerprint density at radius 2 is 1.95 bits per heavy atom. The van der Waals surface area contributed by atoms with Crippen LogP contribution in [0.15, 0.2) is 28.8 Å². The molecule has 8 heteroatoms. The van der Waals surface area contributed by atoms with Crippen molar-refractivity contribution in [3.05, 3.63) is 41.5 Å². The van der Waals surface area contributed by atoms with Crippen molar-refractivity contribution in [2.75, 3.05) is 7.05 Å². The van der Waals surface area contributed by atoms with Crippen LogP contribution in [-0.2, 0) is 19.2 Å². The smallest absolute Gasteiger partial charge is 0.416 e. The van der Waals surface area contributed by atoms with E-state index in [0.29, 0.717) is 18.0 Å². The predicted molar refractivity (Wildman–Crippen MR) is 72.3 cm³/mol. The van der Waals surface area contributed by atoms with Crippen molar-refractivity contribution >= 4 is 0 Å². The summed E-state index contributed by atoms with van der Waals surface area (Å²) in [5.41, 5.74) is -0.721. The molecule has 1 atom stereocenters. The maximum absolute atomic E-state index is 12.4. The zero-order valence-corrected chi connectivity index (χ0v) is 12.1. The minimum Gasteiger partial charge on any atom is -0.484 e. The fourth-order valence-electron chi connectivity index (χ4n) is 1.69. The highest BCUT2D eigenvalue weighted by Gasteiger charge is 2.30. The highest BCUT2D eigenvalue weighted by molar-refractivity contribution is 5.28. The third-order valence-corrected chi connectivity index (χ3v) is 3.04. The Kier molecular flexibility index (Phi) is 5.02. The minimum absolute atomic E-state index is 0.00625. The van der Waals surface area contributed by atoms with E-state index in [0.717, 1.165) is 12.1 Å². The maximum atomic E-state index is 12.4. The van der Waals surface area contributed by atoms with Crippen LogP contribution in [0.4, 0.5) is 13.2 Å². The fourth-order valence-corrected chi connectivity index (χ4v) is 1.69. The van der Waals surface area contributed by atoms with Crippen LogP contribution in [0, 0.1) is 0 Å². The highest BCUT2D eigenvalue weighted by Crippen LogP contribution is 2.30. The van der Waals surface area contributed by atoms with Crippen LogP contribution in [0.3, 0.4) is 0 Å². The first-order valence-corrected chi connectivity index (χ1v) is 6.67. The Morgan fingerprint density at radius 1 is 1.27 bits per heavy atom. The van der Waals surface area contributed by atoms with Gasteiger partial charge in [0.25, 0.3) is 5.89 Å². The van der Waals surface area contributed by atoms with Crippen LogP contribution in [0.1, 0.15) is 24.2 Å². The summed E-state index contributed by atoms with van der Waals surface area (Å²) < 4.78 is 47.6. The Bertz CT molecular complexity index is 596. The van der Waals surface area contributed by atoms with E-state index in [1.54, 1.807) is 0 Å². The van der Waals surface area contributed by atoms with E-state index in [4.69, 9.17) is 9.26 Å². The van der Waals surface area contributed by atoms with Crippen molar-refractivity contribution in [3.63, 3.8) is 0 Å². The monoisotopic (exact) mass is 315 g/mol. The molecule has 1 N–H and O–H groups in total. The van der Waals surface area contributed by atoms with E-state index in [1.807, 2.05) is 14.0 Å². The van der Waals surface area contributed by atoms with Crippen molar-refractivity contribution in [2.24, 2.45) is 0 Å². The summed E-state index contributed by atoms with van der Waals surface area (Å²) in [4.78, 5) is 4.15. The van der Waals surface area contributed by atoms with E-state index in [9.17, 15) is 13.2 Å². The van der Waals surface area contributed by atoms with Gasteiger partial charge < -0.3 is 14.6 Å². The molecule has 1 aromatic heterocycles. The number of halogens is 3. The van der Waals surface area contributed by atoms with E-state index in [1.165, 1.54) is 12.1 Å². The molecule has 0 aliphatic rings. The number of benzene rings is 1. The van der Waals surface area contributed by atoms with Gasteiger partial charge in [-0.1, -0.05) is 5.16 Å². The zero-order chi connectivity index (χ0) is 16.2. The van der Waals surface area contributed by atoms with Gasteiger partial charge in [-0.2, -0.15) is 18.2 Å². The molecule has 0 radical (unpaired) electrons. The molecule has 0 aliphatic heterocycles. The number of ether oxygens (including phenoxy) is 1. The van der Waals surface area contributed by atoms with Gasteiger partial charge in [-0.15, -0.1) is 0 Å². The molecule has 0 bridgehead atoms. The molecular weight excluding hydrogens is 299 g/mol. The lowest BCUT2D eigenvalue weighted by atomic mass is 10.2. The van der Waals surface area contributed by atoms with Gasteiger partial charge in [-0.05, 0) is 38.2 Å². The largest absolute Gasteiger partial charge is 0.484 e. The van der Waals surface area contributed by atoms with Crippen molar-refractivity contribution in [1.29, 1.82) is 0 Å². The topological polar surface area (TPSA) is 60.2 Å². The number of hydrogen-bond donors (Lipinski definition) is 1. The summed E-state index contributed by atoms with van der Waals surface area (Å²) in [5, 5.41) is 6.86. The van der Waals surface area contributed by atoms with E-state index in [2.05, 4.69) is 15.5 Å². The number of aromatic nitrogens is 2.